The van der Waals surface area contributed by atoms with Gasteiger partial charge < -0.3 is 5.32 Å². The number of benzene rings is 2. The van der Waals surface area contributed by atoms with Crippen molar-refractivity contribution in [3.63, 3.8) is 0 Å². The van der Waals surface area contributed by atoms with Crippen molar-refractivity contribution in [2.24, 2.45) is 0 Å². The predicted molar refractivity (Wildman–Crippen MR) is 89.0 cm³/mol. The van der Waals surface area contributed by atoms with E-state index in [4.69, 9.17) is 0 Å². The zero-order valence-corrected chi connectivity index (χ0v) is 12.4. The van der Waals surface area contributed by atoms with Crippen molar-refractivity contribution in [3.05, 3.63) is 60.7 Å². The number of allylic oxidation sites excluding steroid dienone is 1. The molecule has 0 saturated carbocycles. The molecule has 0 spiro atoms. The summed E-state index contributed by atoms with van der Waals surface area (Å²) >= 11 is 0. The quantitative estimate of drug-likeness (QED) is 0.509. The van der Waals surface area contributed by atoms with Crippen LogP contribution in [0.4, 0.5) is 0 Å². The Morgan fingerprint density at radius 1 is 1.15 bits per heavy atom. The molecule has 20 heavy (non-hydrogen) atoms. The molecule has 1 unspecified atom stereocenters. The predicted octanol–water partition coefficient (Wildman–Crippen LogP) is 5.24. The molecule has 2 aromatic rings. The van der Waals surface area contributed by atoms with Crippen molar-refractivity contribution in [1.29, 1.82) is 0 Å². The smallest absolute Gasteiger partial charge is 0.0326 e. The van der Waals surface area contributed by atoms with E-state index in [0.717, 1.165) is 13.0 Å². The summed E-state index contributed by atoms with van der Waals surface area (Å²) in [5, 5.41) is 6.41. The minimum absolute atomic E-state index is 0.445. The molecule has 0 bridgehead atoms. The van der Waals surface area contributed by atoms with Crippen LogP contribution < -0.4 is 5.32 Å². The van der Waals surface area contributed by atoms with Crippen LogP contribution in [0.25, 0.3) is 10.8 Å². The Balaban J connectivity index is 2.26. The van der Waals surface area contributed by atoms with Crippen LogP contribution >= 0.6 is 0 Å². The van der Waals surface area contributed by atoms with E-state index in [2.05, 4.69) is 61.3 Å². The van der Waals surface area contributed by atoms with E-state index in [1.165, 1.54) is 35.6 Å². The first-order valence-corrected chi connectivity index (χ1v) is 7.68. The Morgan fingerprint density at radius 2 is 1.95 bits per heavy atom. The van der Waals surface area contributed by atoms with Crippen LogP contribution in [-0.2, 0) is 0 Å². The Morgan fingerprint density at radius 3 is 2.75 bits per heavy atom. The molecule has 0 amide bonds. The monoisotopic (exact) mass is 267 g/mol. The van der Waals surface area contributed by atoms with Gasteiger partial charge >= 0.3 is 0 Å². The highest BCUT2D eigenvalue weighted by atomic mass is 14.9. The van der Waals surface area contributed by atoms with E-state index in [1.807, 2.05) is 6.08 Å². The van der Waals surface area contributed by atoms with E-state index in [9.17, 15) is 0 Å². The Hall–Kier alpha value is -1.60. The van der Waals surface area contributed by atoms with Crippen molar-refractivity contribution in [2.45, 2.75) is 38.6 Å². The van der Waals surface area contributed by atoms with Gasteiger partial charge in [-0.2, -0.15) is 0 Å². The molecule has 1 atom stereocenters. The molecule has 1 N–H and O–H groups in total. The second kappa shape index (κ2) is 7.86. The van der Waals surface area contributed by atoms with E-state index in [-0.39, 0.29) is 0 Å². The fourth-order valence-electron chi connectivity index (χ4n) is 2.71. The molecule has 0 aliphatic carbocycles. The maximum atomic E-state index is 3.82. The average molecular weight is 267 g/mol. The van der Waals surface area contributed by atoms with Gasteiger partial charge in [0, 0.05) is 6.04 Å². The summed E-state index contributed by atoms with van der Waals surface area (Å²) < 4.78 is 0. The maximum Gasteiger partial charge on any atom is 0.0326 e. The van der Waals surface area contributed by atoms with Crippen LogP contribution in [0.1, 0.15) is 44.2 Å². The molecule has 1 nitrogen and oxygen atoms in total. The van der Waals surface area contributed by atoms with Crippen molar-refractivity contribution in [1.82, 2.24) is 5.32 Å². The molecule has 106 valence electrons. The van der Waals surface area contributed by atoms with Gasteiger partial charge in [-0.1, -0.05) is 55.5 Å². The molecule has 0 fully saturated rings. The molecule has 0 aromatic heterocycles. The van der Waals surface area contributed by atoms with Gasteiger partial charge in [0.15, 0.2) is 0 Å². The second-order valence-corrected chi connectivity index (χ2v) is 5.29. The van der Waals surface area contributed by atoms with Gasteiger partial charge in [-0.15, -0.1) is 6.58 Å². The van der Waals surface area contributed by atoms with Gasteiger partial charge in [-0.3, -0.25) is 0 Å². The third kappa shape index (κ3) is 3.71. The first kappa shape index (κ1) is 14.8. The highest BCUT2D eigenvalue weighted by Crippen LogP contribution is 2.27. The number of unbranched alkanes of at least 4 members (excludes halogenated alkanes) is 1. The van der Waals surface area contributed by atoms with Gasteiger partial charge in [0.25, 0.3) is 0 Å². The summed E-state index contributed by atoms with van der Waals surface area (Å²) in [5.41, 5.74) is 1.43. The molecule has 1 heteroatoms. The van der Waals surface area contributed by atoms with Crippen molar-refractivity contribution in [3.8, 4) is 0 Å². The lowest BCUT2D eigenvalue weighted by Crippen LogP contribution is -2.22. The highest BCUT2D eigenvalue weighted by Gasteiger charge is 2.12. The zero-order chi connectivity index (χ0) is 14.2. The number of rotatable bonds is 8. The van der Waals surface area contributed by atoms with Gasteiger partial charge in [0.1, 0.15) is 0 Å². The van der Waals surface area contributed by atoms with Crippen molar-refractivity contribution >= 4 is 10.8 Å². The topological polar surface area (TPSA) is 12.0 Å². The average Bonchev–Trinajstić information content (AvgIpc) is 2.50. The fourth-order valence-corrected chi connectivity index (χ4v) is 2.71. The minimum atomic E-state index is 0.445. The summed E-state index contributed by atoms with van der Waals surface area (Å²) in [6.07, 6.45) is 6.63. The maximum absolute atomic E-state index is 3.82. The largest absolute Gasteiger partial charge is 0.310 e. The SMILES string of the molecule is C=CCCCC(NCCC)c1cccc2ccccc12. The zero-order valence-electron chi connectivity index (χ0n) is 12.4. The van der Waals surface area contributed by atoms with Gasteiger partial charge in [0.2, 0.25) is 0 Å². The molecule has 0 saturated heterocycles. The van der Waals surface area contributed by atoms with Crippen molar-refractivity contribution < 1.29 is 0 Å². The fraction of sp³-hybridized carbons (Fsp3) is 0.368. The molecular formula is C19H25N. The molecule has 2 aromatic carbocycles. The highest BCUT2D eigenvalue weighted by molar-refractivity contribution is 5.86. The van der Waals surface area contributed by atoms with Crippen LogP contribution in [-0.4, -0.2) is 6.54 Å². The van der Waals surface area contributed by atoms with Crippen LogP contribution in [0.3, 0.4) is 0 Å². The number of hydrogen-bond donors (Lipinski definition) is 1. The molecule has 0 heterocycles. The molecule has 0 radical (unpaired) electrons. The number of fused-ring (bicyclic) bond motifs is 1. The van der Waals surface area contributed by atoms with E-state index < -0.39 is 0 Å². The van der Waals surface area contributed by atoms with Crippen molar-refractivity contribution in [2.75, 3.05) is 6.54 Å². The lowest BCUT2D eigenvalue weighted by molar-refractivity contribution is 0.489. The lowest BCUT2D eigenvalue weighted by atomic mass is 9.95. The van der Waals surface area contributed by atoms with Gasteiger partial charge in [0.05, 0.1) is 0 Å². The Bertz CT molecular complexity index is 539. The van der Waals surface area contributed by atoms with E-state index in [1.54, 1.807) is 0 Å². The Labute approximate surface area is 122 Å². The Kier molecular flexibility index (Phi) is 5.82. The lowest BCUT2D eigenvalue weighted by Gasteiger charge is -2.20. The first-order chi connectivity index (χ1) is 9.86. The van der Waals surface area contributed by atoms with Gasteiger partial charge in [-0.25, -0.2) is 0 Å². The first-order valence-electron chi connectivity index (χ1n) is 7.68. The molecule has 0 aliphatic rings. The van der Waals surface area contributed by atoms with Crippen LogP contribution in [0.15, 0.2) is 55.1 Å². The molecular weight excluding hydrogens is 242 g/mol. The van der Waals surface area contributed by atoms with E-state index >= 15 is 0 Å². The van der Waals surface area contributed by atoms with Crippen LogP contribution in [0.2, 0.25) is 0 Å². The summed E-state index contributed by atoms with van der Waals surface area (Å²) in [6, 6.07) is 15.7. The van der Waals surface area contributed by atoms with Crippen LogP contribution in [0, 0.1) is 0 Å². The minimum Gasteiger partial charge on any atom is -0.310 e. The summed E-state index contributed by atoms with van der Waals surface area (Å²) in [7, 11) is 0. The normalized spacial score (nSPS) is 12.4. The summed E-state index contributed by atoms with van der Waals surface area (Å²) in [5.74, 6) is 0. The van der Waals surface area contributed by atoms with Crippen LogP contribution in [0.5, 0.6) is 0 Å². The third-order valence-corrected chi connectivity index (χ3v) is 3.74. The number of hydrogen-bond acceptors (Lipinski definition) is 1. The summed E-state index contributed by atoms with van der Waals surface area (Å²) in [6.45, 7) is 7.11. The summed E-state index contributed by atoms with van der Waals surface area (Å²) in [4.78, 5) is 0. The van der Waals surface area contributed by atoms with E-state index in [0.29, 0.717) is 6.04 Å². The number of nitrogens with one attached hydrogen (secondary N) is 1. The third-order valence-electron chi connectivity index (χ3n) is 3.74. The molecule has 0 aliphatic heterocycles. The second-order valence-electron chi connectivity index (χ2n) is 5.29. The van der Waals surface area contributed by atoms with Gasteiger partial charge in [-0.05, 0) is 48.6 Å². The standard InChI is InChI=1S/C19H25N/c1-3-5-6-14-19(20-15-4-2)18-13-9-11-16-10-7-8-12-17(16)18/h3,7-13,19-20H,1,4-6,14-15H2,2H3. The molecule has 2 rings (SSSR count).